The Balaban J connectivity index is 2.13. The van der Waals surface area contributed by atoms with Crippen molar-refractivity contribution in [3.8, 4) is 0 Å². The number of carbonyl (C=O) groups is 1. The molecule has 6 nitrogen and oxygen atoms in total. The molecule has 6 heteroatoms. The number of hydrogen-bond donors (Lipinski definition) is 3. The van der Waals surface area contributed by atoms with E-state index in [1.807, 2.05) is 0 Å². The number of nitrogens with one attached hydrogen (secondary N) is 2. The summed E-state index contributed by atoms with van der Waals surface area (Å²) in [6.45, 7) is 5.00. The highest BCUT2D eigenvalue weighted by Gasteiger charge is 2.27. The van der Waals surface area contributed by atoms with E-state index in [2.05, 4.69) is 20.6 Å². The van der Waals surface area contributed by atoms with Crippen molar-refractivity contribution in [1.29, 1.82) is 0 Å². The zero-order valence-corrected chi connectivity index (χ0v) is 11.5. The highest BCUT2D eigenvalue weighted by molar-refractivity contribution is 5.81. The van der Waals surface area contributed by atoms with Crippen molar-refractivity contribution < 1.29 is 9.90 Å². The van der Waals surface area contributed by atoms with Gasteiger partial charge in [-0.25, -0.2) is 14.8 Å². The van der Waals surface area contributed by atoms with E-state index in [0.717, 1.165) is 18.7 Å². The van der Waals surface area contributed by atoms with Crippen molar-refractivity contribution in [2.75, 3.05) is 10.6 Å². The van der Waals surface area contributed by atoms with E-state index >= 15 is 0 Å². The van der Waals surface area contributed by atoms with E-state index in [0.29, 0.717) is 17.7 Å². The van der Waals surface area contributed by atoms with Gasteiger partial charge in [0.15, 0.2) is 0 Å². The van der Waals surface area contributed by atoms with Crippen LogP contribution in [-0.2, 0) is 4.79 Å². The van der Waals surface area contributed by atoms with Gasteiger partial charge in [0.05, 0.1) is 0 Å². The number of nitrogens with zero attached hydrogens (tertiary/aromatic N) is 2. The largest absolute Gasteiger partial charge is 0.480 e. The summed E-state index contributed by atoms with van der Waals surface area (Å²) in [5.74, 6) is 0.980. The van der Waals surface area contributed by atoms with Gasteiger partial charge in [0, 0.05) is 12.1 Å². The minimum atomic E-state index is -1.06. The normalized spacial score (nSPS) is 15.7. The first kappa shape index (κ1) is 13.6. The summed E-state index contributed by atoms with van der Waals surface area (Å²) in [6, 6.07) is 2.24. The maximum Gasteiger partial charge on any atom is 0.328 e. The molecule has 1 aliphatic rings. The summed E-state index contributed by atoms with van der Waals surface area (Å²) >= 11 is 0. The quantitative estimate of drug-likeness (QED) is 0.754. The number of carboxylic acid groups (broad SMARTS) is 1. The molecule has 1 aromatic rings. The lowest BCUT2D eigenvalue weighted by atomic mass is 9.93. The third-order valence-corrected chi connectivity index (χ3v) is 3.27. The predicted molar refractivity (Wildman–Crippen MR) is 73.4 cm³/mol. The van der Waals surface area contributed by atoms with Crippen molar-refractivity contribution in [2.24, 2.45) is 0 Å². The molecule has 1 saturated carbocycles. The van der Waals surface area contributed by atoms with Gasteiger partial charge in [0.2, 0.25) is 0 Å². The lowest BCUT2D eigenvalue weighted by Crippen LogP contribution is -2.40. The standard InChI is InChI=1S/C13H20N4O2/c1-8-14-10(16-9-5-4-6-9)7-11(15-8)17-13(2,3)12(18)19/h7,9H,4-6H2,1-3H3,(H,18,19)(H2,14,15,16,17). The molecule has 0 spiro atoms. The number of carboxylic acids is 1. The Morgan fingerprint density at radius 3 is 2.53 bits per heavy atom. The fourth-order valence-corrected chi connectivity index (χ4v) is 1.84. The van der Waals surface area contributed by atoms with Gasteiger partial charge in [-0.3, -0.25) is 0 Å². The van der Waals surface area contributed by atoms with Gasteiger partial charge < -0.3 is 15.7 Å². The highest BCUT2D eigenvalue weighted by Crippen LogP contribution is 2.24. The Bertz CT molecular complexity index is 484. The van der Waals surface area contributed by atoms with E-state index in [4.69, 9.17) is 5.11 Å². The summed E-state index contributed by atoms with van der Waals surface area (Å²) in [5.41, 5.74) is -1.06. The Kier molecular flexibility index (Phi) is 3.59. The first-order valence-electron chi connectivity index (χ1n) is 6.50. The van der Waals surface area contributed by atoms with Gasteiger partial charge in [-0.1, -0.05) is 0 Å². The molecule has 1 aliphatic carbocycles. The second-order valence-electron chi connectivity index (χ2n) is 5.51. The van der Waals surface area contributed by atoms with Gasteiger partial charge in [0.1, 0.15) is 23.0 Å². The monoisotopic (exact) mass is 264 g/mol. The molecular formula is C13H20N4O2. The second-order valence-corrected chi connectivity index (χ2v) is 5.51. The SMILES string of the molecule is Cc1nc(NC2CCC2)cc(NC(C)(C)C(=O)O)n1. The molecule has 0 atom stereocenters. The second kappa shape index (κ2) is 5.03. The number of anilines is 2. The van der Waals surface area contributed by atoms with Crippen molar-refractivity contribution in [1.82, 2.24) is 9.97 Å². The zero-order valence-electron chi connectivity index (χ0n) is 11.5. The van der Waals surface area contributed by atoms with Crippen molar-refractivity contribution in [3.05, 3.63) is 11.9 Å². The molecule has 3 N–H and O–H groups in total. The van der Waals surface area contributed by atoms with E-state index in [9.17, 15) is 4.79 Å². The van der Waals surface area contributed by atoms with E-state index < -0.39 is 11.5 Å². The lowest BCUT2D eigenvalue weighted by Gasteiger charge is -2.27. The van der Waals surface area contributed by atoms with Crippen LogP contribution in [0.5, 0.6) is 0 Å². The molecule has 1 aromatic heterocycles. The van der Waals surface area contributed by atoms with Gasteiger partial charge in [-0.2, -0.15) is 0 Å². The molecule has 2 rings (SSSR count). The minimum absolute atomic E-state index is 0.481. The van der Waals surface area contributed by atoms with Gasteiger partial charge in [0.25, 0.3) is 0 Å². The van der Waals surface area contributed by atoms with Crippen molar-refractivity contribution in [3.63, 3.8) is 0 Å². The molecule has 0 bridgehead atoms. The van der Waals surface area contributed by atoms with Crippen LogP contribution >= 0.6 is 0 Å². The lowest BCUT2D eigenvalue weighted by molar-refractivity contribution is -0.141. The fraction of sp³-hybridized carbons (Fsp3) is 0.615. The Hall–Kier alpha value is -1.85. The molecule has 1 fully saturated rings. The first-order valence-corrected chi connectivity index (χ1v) is 6.50. The third kappa shape index (κ3) is 3.33. The maximum absolute atomic E-state index is 11.1. The fourth-order valence-electron chi connectivity index (χ4n) is 1.84. The average molecular weight is 264 g/mol. The Morgan fingerprint density at radius 2 is 2.00 bits per heavy atom. The molecule has 0 radical (unpaired) electrons. The van der Waals surface area contributed by atoms with Crippen LogP contribution < -0.4 is 10.6 Å². The van der Waals surface area contributed by atoms with Crippen LogP contribution in [0, 0.1) is 6.92 Å². The third-order valence-electron chi connectivity index (χ3n) is 3.27. The van der Waals surface area contributed by atoms with E-state index in [1.54, 1.807) is 26.8 Å². The molecule has 0 saturated heterocycles. The molecule has 104 valence electrons. The number of aromatic nitrogens is 2. The zero-order chi connectivity index (χ0) is 14.0. The van der Waals surface area contributed by atoms with Crippen LogP contribution in [0.1, 0.15) is 38.9 Å². The number of aryl methyl sites for hydroxylation is 1. The van der Waals surface area contributed by atoms with Crippen LogP contribution in [0.3, 0.4) is 0 Å². The van der Waals surface area contributed by atoms with Gasteiger partial charge >= 0.3 is 5.97 Å². The van der Waals surface area contributed by atoms with Crippen LogP contribution in [0.4, 0.5) is 11.6 Å². The van der Waals surface area contributed by atoms with Crippen LogP contribution in [0.25, 0.3) is 0 Å². The maximum atomic E-state index is 11.1. The summed E-state index contributed by atoms with van der Waals surface area (Å²) in [6.07, 6.45) is 3.57. The Labute approximate surface area is 112 Å². The van der Waals surface area contributed by atoms with Crippen molar-refractivity contribution in [2.45, 2.75) is 51.6 Å². The first-order chi connectivity index (χ1) is 8.87. The van der Waals surface area contributed by atoms with Crippen LogP contribution in [-0.4, -0.2) is 32.6 Å². The summed E-state index contributed by atoms with van der Waals surface area (Å²) in [5, 5.41) is 15.4. The topological polar surface area (TPSA) is 87.1 Å². The van der Waals surface area contributed by atoms with E-state index in [-0.39, 0.29) is 0 Å². The molecule has 19 heavy (non-hydrogen) atoms. The van der Waals surface area contributed by atoms with Gasteiger partial charge in [-0.15, -0.1) is 0 Å². The minimum Gasteiger partial charge on any atom is -0.480 e. The Morgan fingerprint density at radius 1 is 1.37 bits per heavy atom. The predicted octanol–water partition coefficient (Wildman–Crippen LogP) is 2.02. The number of hydrogen-bond acceptors (Lipinski definition) is 5. The summed E-state index contributed by atoms with van der Waals surface area (Å²) in [4.78, 5) is 19.7. The molecule has 0 aromatic carbocycles. The number of aliphatic carboxylic acids is 1. The number of rotatable bonds is 5. The highest BCUT2D eigenvalue weighted by atomic mass is 16.4. The van der Waals surface area contributed by atoms with Crippen molar-refractivity contribution >= 4 is 17.6 Å². The molecular weight excluding hydrogens is 244 g/mol. The van der Waals surface area contributed by atoms with E-state index in [1.165, 1.54) is 6.42 Å². The summed E-state index contributed by atoms with van der Waals surface area (Å²) < 4.78 is 0. The molecule has 1 heterocycles. The van der Waals surface area contributed by atoms with Gasteiger partial charge in [-0.05, 0) is 40.0 Å². The summed E-state index contributed by atoms with van der Waals surface area (Å²) in [7, 11) is 0. The smallest absolute Gasteiger partial charge is 0.328 e. The van der Waals surface area contributed by atoms with Crippen LogP contribution in [0.2, 0.25) is 0 Å². The molecule has 0 amide bonds. The molecule has 0 unspecified atom stereocenters. The van der Waals surface area contributed by atoms with Crippen LogP contribution in [0.15, 0.2) is 6.07 Å². The molecule has 0 aliphatic heterocycles. The average Bonchev–Trinajstić information content (AvgIpc) is 2.22.